The predicted molar refractivity (Wildman–Crippen MR) is 49.8 cm³/mol. The monoisotopic (exact) mass is 208 g/mol. The first-order valence-electron chi connectivity index (χ1n) is 4.29. The van der Waals surface area contributed by atoms with E-state index in [0.29, 0.717) is 5.56 Å². The van der Waals surface area contributed by atoms with Gasteiger partial charge in [0.05, 0.1) is 5.57 Å². The maximum absolute atomic E-state index is 12.4. The molecule has 0 radical (unpaired) electrons. The van der Waals surface area contributed by atoms with Gasteiger partial charge >= 0.3 is 0 Å². The summed E-state index contributed by atoms with van der Waals surface area (Å²) in [6, 6.07) is 6.20. The van der Waals surface area contributed by atoms with Crippen molar-refractivity contribution in [2.24, 2.45) is 0 Å². The van der Waals surface area contributed by atoms with Crippen LogP contribution in [0.1, 0.15) is 15.9 Å². The van der Waals surface area contributed by atoms with Crippen molar-refractivity contribution in [3.8, 4) is 0 Å². The van der Waals surface area contributed by atoms with Gasteiger partial charge in [0.15, 0.2) is 0 Å². The molecule has 0 bridgehead atoms. The molecule has 0 unspecified atom stereocenters. The van der Waals surface area contributed by atoms with Crippen LogP contribution in [0.25, 0.3) is 6.08 Å². The lowest BCUT2D eigenvalue weighted by molar-refractivity contribution is -0.113. The predicted octanol–water partition coefficient (Wildman–Crippen LogP) is 2.10. The summed E-state index contributed by atoms with van der Waals surface area (Å²) >= 11 is 0. The molecule has 0 atom stereocenters. The number of hydrogen-bond acceptors (Lipinski definition) is 2. The van der Waals surface area contributed by atoms with Crippen LogP contribution in [-0.4, -0.2) is 18.0 Å². The Balaban J connectivity index is 2.62. The Hall–Kier alpha value is -1.84. The van der Waals surface area contributed by atoms with E-state index in [1.807, 2.05) is 0 Å². The minimum absolute atomic E-state index is 0.187. The van der Waals surface area contributed by atoms with Gasteiger partial charge < -0.3 is 0 Å². The molecule has 0 heterocycles. The average molecular weight is 208 g/mol. The van der Waals surface area contributed by atoms with Crippen molar-refractivity contribution in [3.05, 3.63) is 41.0 Å². The van der Waals surface area contributed by atoms with E-state index in [-0.39, 0.29) is 5.56 Å². The fourth-order valence-electron chi connectivity index (χ4n) is 1.48. The largest absolute Gasteiger partial charge is 0.285 e. The summed E-state index contributed by atoms with van der Waals surface area (Å²) in [6.07, 6.45) is -1.83. The molecular weight excluding hydrogens is 202 g/mol. The zero-order chi connectivity index (χ0) is 11.0. The number of halogens is 2. The van der Waals surface area contributed by atoms with Crippen molar-refractivity contribution in [3.63, 3.8) is 0 Å². The van der Waals surface area contributed by atoms with E-state index in [1.165, 1.54) is 12.1 Å². The van der Waals surface area contributed by atoms with Crippen molar-refractivity contribution in [1.82, 2.24) is 0 Å². The average Bonchev–Trinajstić information content (AvgIpc) is 2.23. The highest BCUT2D eigenvalue weighted by Gasteiger charge is 2.31. The van der Waals surface area contributed by atoms with Gasteiger partial charge in [-0.3, -0.25) is 9.59 Å². The maximum Gasteiger partial charge on any atom is 0.267 e. The number of fused-ring (bicyclic) bond motifs is 1. The van der Waals surface area contributed by atoms with Crippen LogP contribution in [0, 0.1) is 0 Å². The Kier molecular flexibility index (Phi) is 2.19. The van der Waals surface area contributed by atoms with Gasteiger partial charge in [0.25, 0.3) is 6.43 Å². The Morgan fingerprint density at radius 1 is 1.00 bits per heavy atom. The Bertz CT molecular complexity index is 475. The first-order chi connectivity index (χ1) is 7.11. The smallest absolute Gasteiger partial charge is 0.267 e. The third-order valence-electron chi connectivity index (χ3n) is 2.22. The Labute approximate surface area is 84.2 Å². The van der Waals surface area contributed by atoms with Gasteiger partial charge in [-0.15, -0.1) is 0 Å². The molecular formula is C11H6F2O2. The van der Waals surface area contributed by atoms with E-state index >= 15 is 0 Å². The van der Waals surface area contributed by atoms with E-state index in [1.54, 1.807) is 12.1 Å². The van der Waals surface area contributed by atoms with Gasteiger partial charge in [0.2, 0.25) is 11.6 Å². The molecule has 0 saturated heterocycles. The molecule has 0 spiro atoms. The lowest BCUT2D eigenvalue weighted by Gasteiger charge is -2.13. The zero-order valence-corrected chi connectivity index (χ0v) is 7.54. The highest BCUT2D eigenvalue weighted by atomic mass is 19.3. The van der Waals surface area contributed by atoms with Crippen molar-refractivity contribution in [1.29, 1.82) is 0 Å². The molecule has 15 heavy (non-hydrogen) atoms. The summed E-state index contributed by atoms with van der Waals surface area (Å²) in [6.45, 7) is 0. The van der Waals surface area contributed by atoms with Gasteiger partial charge in [0.1, 0.15) is 0 Å². The van der Waals surface area contributed by atoms with Crippen LogP contribution >= 0.6 is 0 Å². The van der Waals surface area contributed by atoms with Crippen LogP contribution in [0.3, 0.4) is 0 Å². The molecule has 1 aliphatic rings. The molecule has 0 amide bonds. The van der Waals surface area contributed by atoms with E-state index in [9.17, 15) is 18.4 Å². The second-order valence-electron chi connectivity index (χ2n) is 3.15. The Morgan fingerprint density at radius 2 is 1.67 bits per heavy atom. The SMILES string of the molecule is O=C1C(=O)c2ccccc2C=C1C(F)F. The number of rotatable bonds is 1. The quantitative estimate of drug-likeness (QED) is 0.662. The summed E-state index contributed by atoms with van der Waals surface area (Å²) in [5.41, 5.74) is -0.164. The molecule has 2 nitrogen and oxygen atoms in total. The molecule has 2 rings (SSSR count). The molecule has 4 heteroatoms. The van der Waals surface area contributed by atoms with Gasteiger partial charge in [-0.25, -0.2) is 8.78 Å². The van der Waals surface area contributed by atoms with Gasteiger partial charge in [-0.2, -0.15) is 0 Å². The second-order valence-corrected chi connectivity index (χ2v) is 3.15. The fourth-order valence-corrected chi connectivity index (χ4v) is 1.48. The molecule has 0 saturated carbocycles. The van der Waals surface area contributed by atoms with E-state index < -0.39 is 23.6 Å². The number of allylic oxidation sites excluding steroid dienone is 1. The van der Waals surface area contributed by atoms with Crippen LogP contribution in [0.15, 0.2) is 29.8 Å². The highest BCUT2D eigenvalue weighted by Crippen LogP contribution is 2.24. The zero-order valence-electron chi connectivity index (χ0n) is 7.54. The van der Waals surface area contributed by atoms with Crippen LogP contribution < -0.4 is 0 Å². The number of alkyl halides is 2. The third kappa shape index (κ3) is 1.48. The molecule has 1 aromatic carbocycles. The molecule has 76 valence electrons. The fraction of sp³-hybridized carbons (Fsp3) is 0.0909. The third-order valence-corrected chi connectivity index (χ3v) is 2.22. The van der Waals surface area contributed by atoms with Gasteiger partial charge in [0, 0.05) is 5.56 Å². The summed E-state index contributed by atoms with van der Waals surface area (Å²) < 4.78 is 24.8. The first-order valence-corrected chi connectivity index (χ1v) is 4.29. The maximum atomic E-state index is 12.4. The molecule has 0 fully saturated rings. The van der Waals surface area contributed by atoms with Gasteiger partial charge in [-0.05, 0) is 11.6 Å². The van der Waals surface area contributed by atoms with Crippen LogP contribution in [0.2, 0.25) is 0 Å². The molecule has 0 aliphatic heterocycles. The molecule has 0 aromatic heterocycles. The second kappa shape index (κ2) is 3.38. The number of hydrogen-bond donors (Lipinski definition) is 0. The van der Waals surface area contributed by atoms with Crippen LogP contribution in [0.5, 0.6) is 0 Å². The summed E-state index contributed by atoms with van der Waals surface area (Å²) in [5, 5.41) is 0. The van der Waals surface area contributed by atoms with Crippen molar-refractivity contribution >= 4 is 17.6 Å². The number of carbonyl (C=O) groups is 2. The summed E-state index contributed by atoms with van der Waals surface area (Å²) in [4.78, 5) is 22.6. The van der Waals surface area contributed by atoms with Crippen molar-refractivity contribution in [2.45, 2.75) is 6.43 Å². The standard InChI is InChI=1S/C11H6F2O2/c12-11(13)8-5-6-3-1-2-4-7(6)9(14)10(8)15/h1-5,11H. The van der Waals surface area contributed by atoms with E-state index in [4.69, 9.17) is 0 Å². The van der Waals surface area contributed by atoms with E-state index in [2.05, 4.69) is 0 Å². The number of ketones is 2. The highest BCUT2D eigenvalue weighted by molar-refractivity contribution is 6.51. The molecule has 1 aliphatic carbocycles. The summed E-state index contributed by atoms with van der Waals surface area (Å²) in [7, 11) is 0. The van der Waals surface area contributed by atoms with Crippen molar-refractivity contribution in [2.75, 3.05) is 0 Å². The Morgan fingerprint density at radius 3 is 2.33 bits per heavy atom. The molecule has 0 N–H and O–H groups in total. The minimum Gasteiger partial charge on any atom is -0.285 e. The number of benzene rings is 1. The first kappa shape index (κ1) is 9.71. The molecule has 1 aromatic rings. The van der Waals surface area contributed by atoms with Crippen LogP contribution in [-0.2, 0) is 4.79 Å². The lowest BCUT2D eigenvalue weighted by Crippen LogP contribution is -2.24. The van der Waals surface area contributed by atoms with Crippen LogP contribution in [0.4, 0.5) is 8.78 Å². The topological polar surface area (TPSA) is 34.1 Å². The van der Waals surface area contributed by atoms with Gasteiger partial charge in [-0.1, -0.05) is 24.3 Å². The number of carbonyl (C=O) groups excluding carboxylic acids is 2. The lowest BCUT2D eigenvalue weighted by atomic mass is 9.90. The normalized spacial score (nSPS) is 15.3. The minimum atomic E-state index is -2.91. The summed E-state index contributed by atoms with van der Waals surface area (Å²) in [5.74, 6) is -1.97. The van der Waals surface area contributed by atoms with E-state index in [0.717, 1.165) is 6.08 Å². The van der Waals surface area contributed by atoms with Crippen molar-refractivity contribution < 1.29 is 18.4 Å². The number of Topliss-reactive ketones (excluding diaryl/α,β-unsaturated/α-hetero) is 2.